The van der Waals surface area contributed by atoms with Crippen LogP contribution in [0.15, 0.2) is 18.2 Å². The average Bonchev–Trinajstić information content (AvgIpc) is 2.81. The zero-order valence-electron chi connectivity index (χ0n) is 20.2. The van der Waals surface area contributed by atoms with Crippen LogP contribution in [0.5, 0.6) is 5.75 Å². The van der Waals surface area contributed by atoms with Crippen LogP contribution in [-0.2, 0) is 19.1 Å². The van der Waals surface area contributed by atoms with Crippen molar-refractivity contribution >= 4 is 29.1 Å². The van der Waals surface area contributed by atoms with E-state index in [1.807, 2.05) is 0 Å². The number of nitrogens with one attached hydrogen (secondary N) is 1. The zero-order valence-corrected chi connectivity index (χ0v) is 21.0. The van der Waals surface area contributed by atoms with Gasteiger partial charge in [-0.2, -0.15) is 0 Å². The van der Waals surface area contributed by atoms with Crippen LogP contribution in [0.2, 0.25) is 5.02 Å². The van der Waals surface area contributed by atoms with Gasteiger partial charge in [0.25, 0.3) is 0 Å². The minimum absolute atomic E-state index is 0.00627. The van der Waals surface area contributed by atoms with E-state index in [4.69, 9.17) is 21.1 Å². The number of amides is 1. The van der Waals surface area contributed by atoms with E-state index in [-0.39, 0.29) is 54.3 Å². The monoisotopic (exact) mass is 543 g/mol. The van der Waals surface area contributed by atoms with Crippen molar-refractivity contribution in [2.75, 3.05) is 6.61 Å². The molecule has 1 aliphatic heterocycles. The predicted octanol–water partition coefficient (Wildman–Crippen LogP) is 4.93. The number of hydrogen-bond donors (Lipinski definition) is 1. The Kier molecular flexibility index (Phi) is 7.04. The van der Waals surface area contributed by atoms with Crippen molar-refractivity contribution in [3.63, 3.8) is 0 Å². The molecule has 4 saturated carbocycles. The summed E-state index contributed by atoms with van der Waals surface area (Å²) in [6, 6.07) is 4.81. The number of rotatable bonds is 8. The molecule has 202 valence electrons. The summed E-state index contributed by atoms with van der Waals surface area (Å²) in [4.78, 5) is 38.2. The van der Waals surface area contributed by atoms with Crippen LogP contribution in [0.4, 0.5) is 13.2 Å². The Morgan fingerprint density at radius 2 is 1.76 bits per heavy atom. The SMILES string of the molecule is O=C(COC1CC(OC(F)(F)F)C1)NC12CCC(CC(=O)[C@H]3CC(=O)c4cc(Cl)ccc4O3)(CC1)CC2. The first-order chi connectivity index (χ1) is 17.4. The van der Waals surface area contributed by atoms with Crippen molar-refractivity contribution in [2.45, 2.75) is 94.4 Å². The van der Waals surface area contributed by atoms with Gasteiger partial charge in [0.05, 0.1) is 24.2 Å². The summed E-state index contributed by atoms with van der Waals surface area (Å²) in [5, 5.41) is 3.53. The highest BCUT2D eigenvalue weighted by Gasteiger charge is 2.51. The van der Waals surface area contributed by atoms with Crippen LogP contribution < -0.4 is 10.1 Å². The second-order valence-corrected chi connectivity index (χ2v) is 11.4. The number of ether oxygens (including phenoxy) is 3. The van der Waals surface area contributed by atoms with Crippen LogP contribution in [0, 0.1) is 5.41 Å². The smallest absolute Gasteiger partial charge is 0.481 e. The number of halogens is 4. The molecule has 1 heterocycles. The molecule has 7 nitrogen and oxygen atoms in total. The molecule has 6 rings (SSSR count). The molecule has 11 heteroatoms. The number of fused-ring (bicyclic) bond motifs is 4. The first-order valence-electron chi connectivity index (χ1n) is 12.6. The maximum Gasteiger partial charge on any atom is 0.522 e. The molecule has 1 atom stereocenters. The molecule has 0 unspecified atom stereocenters. The largest absolute Gasteiger partial charge is 0.522 e. The van der Waals surface area contributed by atoms with E-state index in [0.717, 1.165) is 38.5 Å². The molecule has 2 bridgehead atoms. The van der Waals surface area contributed by atoms with Gasteiger partial charge in [0.2, 0.25) is 5.91 Å². The first-order valence-corrected chi connectivity index (χ1v) is 13.0. The minimum Gasteiger partial charge on any atom is -0.481 e. The quantitative estimate of drug-likeness (QED) is 0.500. The van der Waals surface area contributed by atoms with E-state index in [0.29, 0.717) is 22.8 Å². The van der Waals surface area contributed by atoms with Gasteiger partial charge in [-0.15, -0.1) is 13.2 Å². The molecule has 0 radical (unpaired) electrons. The van der Waals surface area contributed by atoms with Crippen LogP contribution in [0.1, 0.15) is 74.6 Å². The van der Waals surface area contributed by atoms with Crippen molar-refractivity contribution in [3.8, 4) is 5.75 Å². The topological polar surface area (TPSA) is 90.9 Å². The Balaban J connectivity index is 1.07. The van der Waals surface area contributed by atoms with Gasteiger partial charge in [0, 0.05) is 29.8 Å². The van der Waals surface area contributed by atoms with Crippen LogP contribution in [-0.4, -0.2) is 54.3 Å². The molecular formula is C26H29ClF3NO6. The zero-order chi connectivity index (χ0) is 26.4. The maximum atomic E-state index is 13.1. The Labute approximate surface area is 217 Å². The van der Waals surface area contributed by atoms with E-state index in [9.17, 15) is 27.6 Å². The molecule has 0 aromatic heterocycles. The van der Waals surface area contributed by atoms with Crippen LogP contribution in [0.3, 0.4) is 0 Å². The first kappa shape index (κ1) is 26.4. The van der Waals surface area contributed by atoms with Crippen molar-refractivity contribution in [1.82, 2.24) is 5.32 Å². The van der Waals surface area contributed by atoms with Gasteiger partial charge in [0.1, 0.15) is 12.4 Å². The highest BCUT2D eigenvalue weighted by Crippen LogP contribution is 2.54. The highest BCUT2D eigenvalue weighted by molar-refractivity contribution is 6.31. The average molecular weight is 544 g/mol. The van der Waals surface area contributed by atoms with Gasteiger partial charge < -0.3 is 14.8 Å². The minimum atomic E-state index is -4.66. The Hall–Kier alpha value is -2.17. The third-order valence-electron chi connectivity index (χ3n) is 8.40. The Bertz CT molecular complexity index is 1060. The molecule has 37 heavy (non-hydrogen) atoms. The third-order valence-corrected chi connectivity index (χ3v) is 8.63. The van der Waals surface area contributed by atoms with Gasteiger partial charge >= 0.3 is 6.36 Å². The van der Waals surface area contributed by atoms with Gasteiger partial charge in [-0.3, -0.25) is 19.1 Å². The summed E-state index contributed by atoms with van der Waals surface area (Å²) < 4.78 is 51.9. The van der Waals surface area contributed by atoms with Gasteiger partial charge in [0.15, 0.2) is 17.7 Å². The molecule has 0 spiro atoms. The number of alkyl halides is 3. The number of carbonyl (C=O) groups is 3. The van der Waals surface area contributed by atoms with Crippen LogP contribution >= 0.6 is 11.6 Å². The molecule has 1 N–H and O–H groups in total. The van der Waals surface area contributed by atoms with Gasteiger partial charge in [-0.1, -0.05) is 11.6 Å². The third kappa shape index (κ3) is 5.96. The number of hydrogen-bond acceptors (Lipinski definition) is 6. The van der Waals surface area contributed by atoms with Gasteiger partial charge in [-0.05, 0) is 62.1 Å². The standard InChI is InChI=1S/C26H29ClF3NO6/c27-15-1-2-21-18(9-15)19(32)12-22(36-21)20(33)13-24-3-6-25(7-4-24,8-5-24)31-23(34)14-35-16-10-17(11-16)37-26(28,29)30/h1-2,9,16-17,22H,3-8,10-14H2,(H,31,34)/t16?,17?,22-,24?,25?/m1/s1. The van der Waals surface area contributed by atoms with Gasteiger partial charge in [-0.25, -0.2) is 0 Å². The normalized spacial score (nSPS) is 32.8. The van der Waals surface area contributed by atoms with Crippen molar-refractivity contribution in [1.29, 1.82) is 0 Å². The summed E-state index contributed by atoms with van der Waals surface area (Å²) in [5.41, 5.74) is -0.101. The molecule has 5 aliphatic rings. The van der Waals surface area contributed by atoms with Crippen molar-refractivity contribution < 1.29 is 41.8 Å². The Morgan fingerprint density at radius 3 is 2.41 bits per heavy atom. The summed E-state index contributed by atoms with van der Waals surface area (Å²) in [6.45, 7) is -0.200. The van der Waals surface area contributed by atoms with E-state index in [2.05, 4.69) is 10.1 Å². The molecule has 0 saturated heterocycles. The fourth-order valence-electron chi connectivity index (χ4n) is 6.14. The van der Waals surface area contributed by atoms with E-state index < -0.39 is 24.7 Å². The number of Topliss-reactive ketones (excluding diaryl/α,β-unsaturated/α-hetero) is 2. The summed E-state index contributed by atoms with van der Waals surface area (Å²) in [5.74, 6) is -0.119. The fraction of sp³-hybridized carbons (Fsp3) is 0.654. The number of ketones is 2. The molecule has 4 fully saturated rings. The maximum absolute atomic E-state index is 13.1. The fourth-order valence-corrected chi connectivity index (χ4v) is 6.31. The second kappa shape index (κ2) is 9.85. The summed E-state index contributed by atoms with van der Waals surface area (Å²) in [7, 11) is 0. The Morgan fingerprint density at radius 1 is 1.08 bits per heavy atom. The lowest BCUT2D eigenvalue weighted by atomic mass is 9.55. The number of benzene rings is 1. The lowest BCUT2D eigenvalue weighted by Gasteiger charge is -2.53. The number of carbonyl (C=O) groups excluding carboxylic acids is 3. The molecule has 1 aromatic rings. The predicted molar refractivity (Wildman–Crippen MR) is 125 cm³/mol. The molecular weight excluding hydrogens is 515 g/mol. The lowest BCUT2D eigenvalue weighted by molar-refractivity contribution is -0.357. The molecule has 4 aliphatic carbocycles. The summed E-state index contributed by atoms with van der Waals surface area (Å²) >= 11 is 5.97. The summed E-state index contributed by atoms with van der Waals surface area (Å²) in [6.07, 6.45) is -1.64. The lowest BCUT2D eigenvalue weighted by Crippen LogP contribution is -2.58. The van der Waals surface area contributed by atoms with Crippen LogP contribution in [0.25, 0.3) is 0 Å². The van der Waals surface area contributed by atoms with E-state index in [1.165, 1.54) is 0 Å². The van der Waals surface area contributed by atoms with Crippen molar-refractivity contribution in [3.05, 3.63) is 28.8 Å². The van der Waals surface area contributed by atoms with Crippen molar-refractivity contribution in [2.24, 2.45) is 5.41 Å². The highest BCUT2D eigenvalue weighted by atomic mass is 35.5. The molecule has 1 amide bonds. The molecule has 1 aromatic carbocycles. The van der Waals surface area contributed by atoms with E-state index in [1.54, 1.807) is 18.2 Å². The second-order valence-electron chi connectivity index (χ2n) is 10.9. The van der Waals surface area contributed by atoms with E-state index >= 15 is 0 Å².